The maximum atomic E-state index is 13.1. The Morgan fingerprint density at radius 1 is 1.19 bits per heavy atom. The van der Waals surface area contributed by atoms with Crippen molar-refractivity contribution in [2.24, 2.45) is 5.92 Å². The van der Waals surface area contributed by atoms with Gasteiger partial charge in [-0.3, -0.25) is 4.79 Å². The van der Waals surface area contributed by atoms with Gasteiger partial charge < -0.3 is 14.5 Å². The second kappa shape index (κ2) is 7.94. The molecule has 0 N–H and O–H groups in total. The fourth-order valence-electron chi connectivity index (χ4n) is 3.87. The molecule has 6 heteroatoms. The minimum Gasteiger partial charge on any atom is -0.493 e. The number of hydrogen-bond acceptors (Lipinski definition) is 5. The van der Waals surface area contributed by atoms with Crippen molar-refractivity contribution in [3.8, 4) is 5.75 Å². The van der Waals surface area contributed by atoms with Crippen LogP contribution in [-0.4, -0.2) is 53.6 Å². The van der Waals surface area contributed by atoms with E-state index in [1.165, 1.54) is 0 Å². The van der Waals surface area contributed by atoms with E-state index in [4.69, 9.17) is 4.74 Å². The molecule has 0 bridgehead atoms. The number of aryl methyl sites for hydroxylation is 1. The molecule has 6 nitrogen and oxygen atoms in total. The minimum absolute atomic E-state index is 0.00550. The molecule has 1 aromatic heterocycles. The molecule has 2 aliphatic heterocycles. The molecule has 0 aliphatic carbocycles. The number of rotatable bonds is 3. The van der Waals surface area contributed by atoms with Crippen molar-refractivity contribution in [2.45, 2.75) is 26.2 Å². The summed E-state index contributed by atoms with van der Waals surface area (Å²) < 4.78 is 5.82. The van der Waals surface area contributed by atoms with Gasteiger partial charge in [0.1, 0.15) is 17.9 Å². The fourth-order valence-corrected chi connectivity index (χ4v) is 3.87. The Morgan fingerprint density at radius 3 is 2.81 bits per heavy atom. The number of fused-ring (bicyclic) bond motifs is 1. The zero-order valence-electron chi connectivity index (χ0n) is 15.8. The van der Waals surface area contributed by atoms with Crippen LogP contribution in [-0.2, 0) is 17.6 Å². The lowest BCUT2D eigenvalue weighted by Crippen LogP contribution is -2.51. The summed E-state index contributed by atoms with van der Waals surface area (Å²) >= 11 is 0. The van der Waals surface area contributed by atoms with Crippen LogP contribution in [0.4, 0.5) is 5.82 Å². The van der Waals surface area contributed by atoms with Crippen LogP contribution in [0.3, 0.4) is 0 Å². The van der Waals surface area contributed by atoms with Gasteiger partial charge in [0.05, 0.1) is 6.61 Å². The second-order valence-electron chi connectivity index (χ2n) is 7.18. The molecule has 1 aromatic carbocycles. The van der Waals surface area contributed by atoms with E-state index in [2.05, 4.69) is 33.9 Å². The maximum Gasteiger partial charge on any atom is 0.226 e. The first-order valence-electron chi connectivity index (χ1n) is 9.80. The first-order valence-corrected chi connectivity index (χ1v) is 9.80. The lowest BCUT2D eigenvalue weighted by molar-refractivity contribution is -0.136. The van der Waals surface area contributed by atoms with Gasteiger partial charge in [-0.1, -0.05) is 25.1 Å². The van der Waals surface area contributed by atoms with Crippen LogP contribution in [0, 0.1) is 5.92 Å². The number of amides is 1. The van der Waals surface area contributed by atoms with Crippen LogP contribution in [0.1, 0.15) is 24.6 Å². The standard InChI is InChI=1S/C21H26N4O2/c1-2-18-14-20(23-15-22-18)24-8-10-25(11-9-24)21(26)17-7-12-27-19-6-4-3-5-16(19)13-17/h3-6,14-15,17H,2,7-13H2,1H3/t17-/m1/s1. The van der Waals surface area contributed by atoms with E-state index in [1.54, 1.807) is 6.33 Å². The zero-order chi connectivity index (χ0) is 18.6. The van der Waals surface area contributed by atoms with Crippen LogP contribution in [0.15, 0.2) is 36.7 Å². The first-order chi connectivity index (χ1) is 13.2. The van der Waals surface area contributed by atoms with Crippen molar-refractivity contribution in [1.29, 1.82) is 0 Å². The minimum atomic E-state index is 0.00550. The number of carbonyl (C=O) groups excluding carboxylic acids is 1. The molecule has 142 valence electrons. The van der Waals surface area contributed by atoms with Crippen molar-refractivity contribution >= 4 is 11.7 Å². The van der Waals surface area contributed by atoms with Gasteiger partial charge >= 0.3 is 0 Å². The molecule has 4 rings (SSSR count). The summed E-state index contributed by atoms with van der Waals surface area (Å²) in [6, 6.07) is 10.1. The van der Waals surface area contributed by atoms with Gasteiger partial charge in [0, 0.05) is 43.9 Å². The molecule has 1 saturated heterocycles. The SMILES string of the molecule is CCc1cc(N2CCN(C(=O)[C@@H]3CCOc4ccccc4C3)CC2)ncn1. The van der Waals surface area contributed by atoms with Crippen molar-refractivity contribution in [2.75, 3.05) is 37.7 Å². The molecule has 1 atom stereocenters. The molecule has 0 unspecified atom stereocenters. The smallest absolute Gasteiger partial charge is 0.226 e. The number of aromatic nitrogens is 2. The van der Waals surface area contributed by atoms with E-state index in [0.717, 1.165) is 68.3 Å². The quantitative estimate of drug-likeness (QED) is 0.834. The predicted molar refractivity (Wildman–Crippen MR) is 104 cm³/mol. The molecule has 0 spiro atoms. The van der Waals surface area contributed by atoms with E-state index >= 15 is 0 Å². The van der Waals surface area contributed by atoms with Crippen LogP contribution < -0.4 is 9.64 Å². The Morgan fingerprint density at radius 2 is 2.00 bits per heavy atom. The van der Waals surface area contributed by atoms with Gasteiger partial charge in [-0.25, -0.2) is 9.97 Å². The molecule has 1 amide bonds. The highest BCUT2D eigenvalue weighted by Gasteiger charge is 2.30. The summed E-state index contributed by atoms with van der Waals surface area (Å²) in [5.41, 5.74) is 2.19. The Hall–Kier alpha value is -2.63. The van der Waals surface area contributed by atoms with Crippen molar-refractivity contribution in [1.82, 2.24) is 14.9 Å². The molecular weight excluding hydrogens is 340 g/mol. The van der Waals surface area contributed by atoms with Crippen LogP contribution in [0.25, 0.3) is 0 Å². The van der Waals surface area contributed by atoms with Gasteiger partial charge in [0.15, 0.2) is 0 Å². The average Bonchev–Trinajstić information content (AvgIpc) is 2.96. The number of carbonyl (C=O) groups is 1. The number of hydrogen-bond donors (Lipinski definition) is 0. The Bertz CT molecular complexity index is 802. The average molecular weight is 366 g/mol. The van der Waals surface area contributed by atoms with Gasteiger partial charge in [-0.15, -0.1) is 0 Å². The summed E-state index contributed by atoms with van der Waals surface area (Å²) in [7, 11) is 0. The summed E-state index contributed by atoms with van der Waals surface area (Å²) in [6.45, 7) is 5.80. The van der Waals surface area contributed by atoms with Gasteiger partial charge in [-0.2, -0.15) is 0 Å². The summed E-state index contributed by atoms with van der Waals surface area (Å²) in [5.74, 6) is 2.15. The highest BCUT2D eigenvalue weighted by atomic mass is 16.5. The number of ether oxygens (including phenoxy) is 1. The second-order valence-corrected chi connectivity index (χ2v) is 7.18. The number of nitrogens with zero attached hydrogens (tertiary/aromatic N) is 4. The van der Waals surface area contributed by atoms with Crippen LogP contribution in [0.2, 0.25) is 0 Å². The van der Waals surface area contributed by atoms with E-state index in [9.17, 15) is 4.79 Å². The summed E-state index contributed by atoms with van der Waals surface area (Å²) in [5, 5.41) is 0. The molecule has 27 heavy (non-hydrogen) atoms. The van der Waals surface area contributed by atoms with Gasteiger partial charge in [0.2, 0.25) is 5.91 Å². The number of piperazine rings is 1. The third kappa shape index (κ3) is 3.89. The normalized spacial score (nSPS) is 19.8. The van der Waals surface area contributed by atoms with E-state index < -0.39 is 0 Å². The molecule has 3 heterocycles. The van der Waals surface area contributed by atoms with E-state index in [0.29, 0.717) is 6.61 Å². The van der Waals surface area contributed by atoms with Crippen molar-refractivity contribution in [3.05, 3.63) is 47.9 Å². The highest BCUT2D eigenvalue weighted by Crippen LogP contribution is 2.28. The van der Waals surface area contributed by atoms with Gasteiger partial charge in [-0.05, 0) is 30.9 Å². The number of para-hydroxylation sites is 1. The van der Waals surface area contributed by atoms with Crippen LogP contribution >= 0.6 is 0 Å². The zero-order valence-corrected chi connectivity index (χ0v) is 15.8. The fraction of sp³-hybridized carbons (Fsp3) is 0.476. The highest BCUT2D eigenvalue weighted by molar-refractivity contribution is 5.79. The Kier molecular flexibility index (Phi) is 5.23. The predicted octanol–water partition coefficient (Wildman–Crippen LogP) is 2.33. The molecule has 1 fully saturated rings. The molecule has 0 radical (unpaired) electrons. The summed E-state index contributed by atoms with van der Waals surface area (Å²) in [4.78, 5) is 26.0. The first kappa shape index (κ1) is 17.8. The Balaban J connectivity index is 1.38. The Labute approximate surface area is 160 Å². The van der Waals surface area contributed by atoms with Gasteiger partial charge in [0.25, 0.3) is 0 Å². The van der Waals surface area contributed by atoms with E-state index in [-0.39, 0.29) is 11.8 Å². The molecule has 2 aliphatic rings. The third-order valence-electron chi connectivity index (χ3n) is 5.50. The molecule has 0 saturated carbocycles. The lowest BCUT2D eigenvalue weighted by atomic mass is 9.95. The monoisotopic (exact) mass is 366 g/mol. The topological polar surface area (TPSA) is 58.6 Å². The van der Waals surface area contributed by atoms with E-state index in [1.807, 2.05) is 23.1 Å². The summed E-state index contributed by atoms with van der Waals surface area (Å²) in [6.07, 6.45) is 4.08. The lowest BCUT2D eigenvalue weighted by Gasteiger charge is -2.37. The third-order valence-corrected chi connectivity index (χ3v) is 5.50. The van der Waals surface area contributed by atoms with Crippen molar-refractivity contribution in [3.63, 3.8) is 0 Å². The number of anilines is 1. The molecular formula is C21H26N4O2. The number of benzene rings is 1. The maximum absolute atomic E-state index is 13.1. The largest absolute Gasteiger partial charge is 0.493 e. The van der Waals surface area contributed by atoms with Crippen LogP contribution in [0.5, 0.6) is 5.75 Å². The molecule has 2 aromatic rings. The van der Waals surface area contributed by atoms with Crippen molar-refractivity contribution < 1.29 is 9.53 Å².